The van der Waals surface area contributed by atoms with Crippen LogP contribution in [0.1, 0.15) is 31.9 Å². The normalized spacial score (nSPS) is 11.3. The van der Waals surface area contributed by atoms with E-state index in [2.05, 4.69) is 5.32 Å². The first-order valence-corrected chi connectivity index (χ1v) is 10.9. The van der Waals surface area contributed by atoms with Crippen molar-refractivity contribution in [2.45, 2.75) is 34.2 Å². The van der Waals surface area contributed by atoms with Crippen LogP contribution in [0.15, 0.2) is 48.5 Å². The van der Waals surface area contributed by atoms with Crippen molar-refractivity contribution < 1.29 is 17.4 Å². The van der Waals surface area contributed by atoms with E-state index in [1.165, 1.54) is 6.92 Å². The average molecular weight is 405 g/mol. The fraction of sp³-hybridized carbons (Fsp3) is 0.381. The van der Waals surface area contributed by atoms with Crippen molar-refractivity contribution in [1.29, 1.82) is 0 Å². The summed E-state index contributed by atoms with van der Waals surface area (Å²) in [5.41, 5.74) is 2.55. The number of nitrogens with zero attached hydrogens (tertiary/aromatic N) is 1. The van der Waals surface area contributed by atoms with E-state index < -0.39 is 10.1 Å². The Kier molecular flexibility index (Phi) is 7.45. The molecule has 6 nitrogen and oxygen atoms in total. The highest BCUT2D eigenvalue weighted by Gasteiger charge is 2.17. The Balaban J connectivity index is 2.18. The van der Waals surface area contributed by atoms with Crippen molar-refractivity contribution >= 4 is 21.8 Å². The molecule has 0 aromatic heterocycles. The molecule has 0 aliphatic carbocycles. The lowest BCUT2D eigenvalue weighted by Gasteiger charge is -2.25. The molecule has 2 amide bonds. The topological polar surface area (TPSA) is 75.7 Å². The number of rotatable bonds is 8. The van der Waals surface area contributed by atoms with Crippen LogP contribution in [0.2, 0.25) is 0 Å². The number of nitrogens with one attached hydrogen (secondary N) is 1. The molecule has 2 aromatic rings. The second kappa shape index (κ2) is 9.59. The van der Waals surface area contributed by atoms with Crippen LogP contribution >= 0.6 is 0 Å². The molecule has 0 heterocycles. The molecule has 0 saturated carbocycles. The SMILES string of the molecule is CCS(=O)(=O)Oc1cccc(CN(CC(C)C)C(=O)Nc2ccccc2C)c1. The van der Waals surface area contributed by atoms with Gasteiger partial charge in [-0.2, -0.15) is 8.42 Å². The van der Waals surface area contributed by atoms with Gasteiger partial charge in [-0.1, -0.05) is 44.2 Å². The first-order valence-electron chi connectivity index (χ1n) is 9.33. The minimum atomic E-state index is -3.59. The van der Waals surface area contributed by atoms with Gasteiger partial charge in [0.25, 0.3) is 0 Å². The van der Waals surface area contributed by atoms with Crippen molar-refractivity contribution in [2.75, 3.05) is 17.6 Å². The number of benzene rings is 2. The summed E-state index contributed by atoms with van der Waals surface area (Å²) in [5.74, 6) is 0.431. The van der Waals surface area contributed by atoms with Gasteiger partial charge in [0.2, 0.25) is 0 Å². The number of amides is 2. The first kappa shape index (κ1) is 21.8. The quantitative estimate of drug-likeness (QED) is 0.661. The Morgan fingerprint density at radius 3 is 2.50 bits per heavy atom. The highest BCUT2D eigenvalue weighted by Crippen LogP contribution is 2.19. The molecule has 28 heavy (non-hydrogen) atoms. The summed E-state index contributed by atoms with van der Waals surface area (Å²) in [6, 6.07) is 14.2. The van der Waals surface area contributed by atoms with E-state index in [-0.39, 0.29) is 23.5 Å². The summed E-state index contributed by atoms with van der Waals surface area (Å²) < 4.78 is 28.5. The smallest absolute Gasteiger partial charge is 0.322 e. The summed E-state index contributed by atoms with van der Waals surface area (Å²) in [5, 5.41) is 2.96. The zero-order chi connectivity index (χ0) is 20.7. The first-order chi connectivity index (χ1) is 13.2. The summed E-state index contributed by atoms with van der Waals surface area (Å²) in [4.78, 5) is 14.6. The average Bonchev–Trinajstić information content (AvgIpc) is 2.62. The van der Waals surface area contributed by atoms with Gasteiger partial charge in [0.1, 0.15) is 5.75 Å². The summed E-state index contributed by atoms with van der Waals surface area (Å²) in [6.45, 7) is 8.47. The molecule has 0 saturated heterocycles. The van der Waals surface area contributed by atoms with Gasteiger partial charge < -0.3 is 14.4 Å². The Hall–Kier alpha value is -2.54. The molecular formula is C21H28N2O4S. The highest BCUT2D eigenvalue weighted by molar-refractivity contribution is 7.87. The van der Waals surface area contributed by atoms with Gasteiger partial charge in [-0.3, -0.25) is 0 Å². The maximum atomic E-state index is 12.9. The molecule has 0 unspecified atom stereocenters. The number of aryl methyl sites for hydroxylation is 1. The molecular weight excluding hydrogens is 376 g/mol. The van der Waals surface area contributed by atoms with Crippen molar-refractivity contribution in [2.24, 2.45) is 5.92 Å². The minimum absolute atomic E-state index is 0.102. The van der Waals surface area contributed by atoms with Crippen molar-refractivity contribution in [3.05, 3.63) is 59.7 Å². The molecule has 0 fully saturated rings. The van der Waals surface area contributed by atoms with Crippen LogP contribution in [0.5, 0.6) is 5.75 Å². The van der Waals surface area contributed by atoms with Gasteiger partial charge in [0.15, 0.2) is 0 Å². The molecule has 2 aromatic carbocycles. The van der Waals surface area contributed by atoms with Crippen LogP contribution in [0.3, 0.4) is 0 Å². The van der Waals surface area contributed by atoms with E-state index in [9.17, 15) is 13.2 Å². The predicted octanol–water partition coefficient (Wildman–Crippen LogP) is 4.41. The fourth-order valence-electron chi connectivity index (χ4n) is 2.69. The Bertz CT molecular complexity index is 910. The van der Waals surface area contributed by atoms with E-state index >= 15 is 0 Å². The zero-order valence-corrected chi connectivity index (χ0v) is 17.6. The van der Waals surface area contributed by atoms with E-state index in [1.54, 1.807) is 23.1 Å². The van der Waals surface area contributed by atoms with Gasteiger partial charge in [0, 0.05) is 18.8 Å². The number of para-hydroxylation sites is 1. The lowest BCUT2D eigenvalue weighted by molar-refractivity contribution is 0.201. The van der Waals surface area contributed by atoms with Crippen molar-refractivity contribution in [3.8, 4) is 5.75 Å². The monoisotopic (exact) mass is 404 g/mol. The molecule has 0 spiro atoms. The number of carbonyl (C=O) groups excluding carboxylic acids is 1. The maximum Gasteiger partial charge on any atom is 0.322 e. The molecule has 0 bridgehead atoms. The number of carbonyl (C=O) groups is 1. The molecule has 1 N–H and O–H groups in total. The molecule has 0 atom stereocenters. The molecule has 0 aliphatic rings. The van der Waals surface area contributed by atoms with Crippen LogP contribution < -0.4 is 9.50 Å². The predicted molar refractivity (Wildman–Crippen MR) is 112 cm³/mol. The van der Waals surface area contributed by atoms with Crippen molar-refractivity contribution in [3.63, 3.8) is 0 Å². The van der Waals surface area contributed by atoms with Gasteiger partial charge >= 0.3 is 16.1 Å². The zero-order valence-electron chi connectivity index (χ0n) is 16.8. The van der Waals surface area contributed by atoms with Gasteiger partial charge in [-0.25, -0.2) is 4.79 Å². The van der Waals surface area contributed by atoms with Crippen LogP contribution in [0.4, 0.5) is 10.5 Å². The Labute approximate surface area is 167 Å². The molecule has 0 radical (unpaired) electrons. The van der Waals surface area contributed by atoms with Gasteiger partial charge in [-0.15, -0.1) is 0 Å². The highest BCUT2D eigenvalue weighted by atomic mass is 32.2. The fourth-order valence-corrected chi connectivity index (χ4v) is 3.20. The number of anilines is 1. The third-order valence-electron chi connectivity index (χ3n) is 4.11. The van der Waals surface area contributed by atoms with Crippen LogP contribution in [-0.4, -0.2) is 31.6 Å². The van der Waals surface area contributed by atoms with Crippen LogP contribution in [0, 0.1) is 12.8 Å². The molecule has 2 rings (SSSR count). The van der Waals surface area contributed by atoms with Crippen molar-refractivity contribution in [1.82, 2.24) is 4.90 Å². The second-order valence-electron chi connectivity index (χ2n) is 7.10. The second-order valence-corrected chi connectivity index (χ2v) is 8.96. The van der Waals surface area contributed by atoms with Gasteiger partial charge in [-0.05, 0) is 49.1 Å². The Morgan fingerprint density at radius 2 is 1.86 bits per heavy atom. The van der Waals surface area contributed by atoms with Gasteiger partial charge in [0.05, 0.1) is 5.75 Å². The van der Waals surface area contributed by atoms with E-state index in [4.69, 9.17) is 4.18 Å². The van der Waals surface area contributed by atoms with Crippen LogP contribution in [0.25, 0.3) is 0 Å². The number of hydrogen-bond donors (Lipinski definition) is 1. The lowest BCUT2D eigenvalue weighted by atomic mass is 10.1. The molecule has 0 aliphatic heterocycles. The standard InChI is InChI=1S/C21H28N2O4S/c1-5-28(25,26)27-19-11-8-10-18(13-19)15-23(14-16(2)3)21(24)22-20-12-7-6-9-17(20)4/h6-13,16H,5,14-15H2,1-4H3,(H,22,24). The maximum absolute atomic E-state index is 12.9. The molecule has 152 valence electrons. The number of hydrogen-bond acceptors (Lipinski definition) is 4. The van der Waals surface area contributed by atoms with E-state index in [0.717, 1.165) is 16.8 Å². The van der Waals surface area contributed by atoms with E-state index in [1.807, 2.05) is 51.1 Å². The summed E-state index contributed by atoms with van der Waals surface area (Å²) >= 11 is 0. The largest absolute Gasteiger partial charge is 0.382 e. The Morgan fingerprint density at radius 1 is 1.14 bits per heavy atom. The molecule has 7 heteroatoms. The minimum Gasteiger partial charge on any atom is -0.382 e. The van der Waals surface area contributed by atoms with Crippen LogP contribution in [-0.2, 0) is 16.7 Å². The summed E-state index contributed by atoms with van der Waals surface area (Å²) in [7, 11) is -3.59. The van der Waals surface area contributed by atoms with E-state index in [0.29, 0.717) is 13.1 Å². The number of urea groups is 1. The lowest BCUT2D eigenvalue weighted by Crippen LogP contribution is -2.37. The third-order valence-corrected chi connectivity index (χ3v) is 5.26. The third kappa shape index (κ3) is 6.56. The summed E-state index contributed by atoms with van der Waals surface area (Å²) in [6.07, 6.45) is 0.